The summed E-state index contributed by atoms with van der Waals surface area (Å²) in [5.74, 6) is 0.268. The van der Waals surface area contributed by atoms with Gasteiger partial charge in [-0.15, -0.1) is 11.6 Å². The van der Waals surface area contributed by atoms with Gasteiger partial charge in [0.15, 0.2) is 0 Å². The van der Waals surface area contributed by atoms with Crippen molar-refractivity contribution in [2.75, 3.05) is 16.4 Å². The van der Waals surface area contributed by atoms with Crippen molar-refractivity contribution >= 4 is 27.3 Å². The van der Waals surface area contributed by atoms with Gasteiger partial charge in [0, 0.05) is 18.1 Å². The predicted octanol–water partition coefficient (Wildman–Crippen LogP) is 2.08. The number of alkyl halides is 1. The summed E-state index contributed by atoms with van der Waals surface area (Å²) in [6.45, 7) is 5.74. The second kappa shape index (κ2) is 5.73. The number of anilines is 1. The highest BCUT2D eigenvalue weighted by Crippen LogP contribution is 2.13. The van der Waals surface area contributed by atoms with E-state index < -0.39 is 10.0 Å². The first-order valence-electron chi connectivity index (χ1n) is 5.44. The van der Waals surface area contributed by atoms with E-state index in [1.807, 2.05) is 13.8 Å². The molecule has 1 aromatic heterocycles. The maximum Gasteiger partial charge on any atom is 0.233 e. The number of halogens is 1. The molecule has 1 unspecified atom stereocenters. The van der Waals surface area contributed by atoms with E-state index in [0.717, 1.165) is 0 Å². The molecule has 0 amide bonds. The van der Waals surface area contributed by atoms with E-state index in [-0.39, 0.29) is 17.7 Å². The summed E-state index contributed by atoms with van der Waals surface area (Å²) in [6, 6.07) is 0.204. The first kappa shape index (κ1) is 14.3. The fraction of sp³-hybridized carbons (Fsp3) is 0.700. The molecule has 98 valence electrons. The van der Waals surface area contributed by atoms with Crippen LogP contribution in [0.15, 0.2) is 12.4 Å². The zero-order valence-corrected chi connectivity index (χ0v) is 11.8. The van der Waals surface area contributed by atoms with Gasteiger partial charge in [0.1, 0.15) is 0 Å². The molecule has 1 atom stereocenters. The van der Waals surface area contributed by atoms with Gasteiger partial charge in [-0.3, -0.25) is 9.40 Å². The lowest BCUT2D eigenvalue weighted by Crippen LogP contribution is -2.21. The second-order valence-corrected chi connectivity index (χ2v) is 6.52. The minimum atomic E-state index is -3.35. The third-order valence-corrected chi connectivity index (χ3v) is 4.25. The topological polar surface area (TPSA) is 64.0 Å². The summed E-state index contributed by atoms with van der Waals surface area (Å²) >= 11 is 5.60. The van der Waals surface area contributed by atoms with Crippen LogP contribution in [0, 0.1) is 5.92 Å². The molecule has 7 heteroatoms. The summed E-state index contributed by atoms with van der Waals surface area (Å²) < 4.78 is 27.7. The van der Waals surface area contributed by atoms with Crippen LogP contribution in [0.25, 0.3) is 0 Å². The minimum Gasteiger partial charge on any atom is -0.280 e. The van der Waals surface area contributed by atoms with E-state index in [9.17, 15) is 8.42 Å². The average Bonchev–Trinajstić information content (AvgIpc) is 2.64. The van der Waals surface area contributed by atoms with E-state index in [4.69, 9.17) is 11.6 Å². The third-order valence-electron chi connectivity index (χ3n) is 2.17. The Morgan fingerprint density at radius 2 is 2.12 bits per heavy atom. The van der Waals surface area contributed by atoms with Crippen LogP contribution in [-0.4, -0.2) is 29.8 Å². The molecule has 0 aliphatic heterocycles. The number of hydrogen-bond acceptors (Lipinski definition) is 3. The molecule has 17 heavy (non-hydrogen) atoms. The molecular weight excluding hydrogens is 262 g/mol. The second-order valence-electron chi connectivity index (χ2n) is 4.45. The number of hydrogen-bond donors (Lipinski definition) is 1. The fourth-order valence-electron chi connectivity index (χ4n) is 1.31. The number of nitrogens with zero attached hydrogens (tertiary/aromatic N) is 2. The largest absolute Gasteiger partial charge is 0.280 e. The Bertz CT molecular complexity index is 456. The molecule has 0 aromatic carbocycles. The summed E-state index contributed by atoms with van der Waals surface area (Å²) in [6.07, 6.45) is 3.18. The Balaban J connectivity index is 2.69. The molecule has 0 aliphatic rings. The van der Waals surface area contributed by atoms with Gasteiger partial charge >= 0.3 is 0 Å². The van der Waals surface area contributed by atoms with Gasteiger partial charge in [-0.05, 0) is 19.8 Å². The average molecular weight is 280 g/mol. The highest BCUT2D eigenvalue weighted by molar-refractivity contribution is 7.92. The van der Waals surface area contributed by atoms with Crippen LogP contribution in [-0.2, 0) is 10.0 Å². The SMILES string of the molecule is CC(CCl)CS(=O)(=O)Nc1cnn(C(C)C)c1. The quantitative estimate of drug-likeness (QED) is 0.811. The van der Waals surface area contributed by atoms with Gasteiger partial charge in [-0.1, -0.05) is 6.92 Å². The molecule has 0 spiro atoms. The van der Waals surface area contributed by atoms with Crippen molar-refractivity contribution in [2.45, 2.75) is 26.8 Å². The van der Waals surface area contributed by atoms with Crippen LogP contribution in [0.1, 0.15) is 26.8 Å². The summed E-state index contributed by atoms with van der Waals surface area (Å²) in [5, 5.41) is 4.06. The molecule has 0 bridgehead atoms. The number of nitrogens with one attached hydrogen (secondary N) is 1. The molecule has 0 fully saturated rings. The minimum absolute atomic E-state index is 0.0172. The molecule has 0 radical (unpaired) electrons. The lowest BCUT2D eigenvalue weighted by molar-refractivity contribution is 0.532. The number of aromatic nitrogens is 2. The van der Waals surface area contributed by atoms with Gasteiger partial charge in [0.25, 0.3) is 0 Å². The smallest absolute Gasteiger partial charge is 0.233 e. The normalized spacial score (nSPS) is 13.9. The Kier molecular flexibility index (Phi) is 4.82. The van der Waals surface area contributed by atoms with E-state index in [2.05, 4.69) is 9.82 Å². The van der Waals surface area contributed by atoms with Gasteiger partial charge in [0.05, 0.1) is 17.6 Å². The molecule has 1 aromatic rings. The van der Waals surface area contributed by atoms with Crippen molar-refractivity contribution in [3.05, 3.63) is 12.4 Å². The molecular formula is C10H18ClN3O2S. The zero-order chi connectivity index (χ0) is 13.1. The van der Waals surface area contributed by atoms with Crippen molar-refractivity contribution in [2.24, 2.45) is 5.92 Å². The summed E-state index contributed by atoms with van der Waals surface area (Å²) in [5.41, 5.74) is 0.487. The van der Waals surface area contributed by atoms with Crippen LogP contribution < -0.4 is 4.72 Å². The van der Waals surface area contributed by atoms with E-state index in [1.54, 1.807) is 17.8 Å². The molecule has 1 rings (SSSR count). The lowest BCUT2D eigenvalue weighted by atomic mass is 10.3. The van der Waals surface area contributed by atoms with E-state index in [0.29, 0.717) is 11.6 Å². The zero-order valence-electron chi connectivity index (χ0n) is 10.2. The van der Waals surface area contributed by atoms with E-state index >= 15 is 0 Å². The molecule has 0 saturated heterocycles. The van der Waals surface area contributed by atoms with Crippen molar-refractivity contribution in [1.29, 1.82) is 0 Å². The van der Waals surface area contributed by atoms with Crippen LogP contribution >= 0.6 is 11.6 Å². The Morgan fingerprint density at radius 3 is 2.59 bits per heavy atom. The van der Waals surface area contributed by atoms with Crippen LogP contribution in [0.5, 0.6) is 0 Å². The maximum atomic E-state index is 11.7. The highest BCUT2D eigenvalue weighted by atomic mass is 35.5. The fourth-order valence-corrected chi connectivity index (χ4v) is 2.97. The number of rotatable bonds is 6. The van der Waals surface area contributed by atoms with Crippen molar-refractivity contribution in [3.8, 4) is 0 Å². The molecule has 1 N–H and O–H groups in total. The third kappa shape index (κ3) is 4.55. The lowest BCUT2D eigenvalue weighted by Gasteiger charge is -2.09. The number of sulfonamides is 1. The van der Waals surface area contributed by atoms with Gasteiger partial charge < -0.3 is 0 Å². The van der Waals surface area contributed by atoms with Crippen molar-refractivity contribution < 1.29 is 8.42 Å². The Labute approximate surface area is 107 Å². The standard InChI is InChI=1S/C10H18ClN3O2S/c1-8(2)14-6-10(5-12-14)13-17(15,16)7-9(3)4-11/h5-6,8-9,13H,4,7H2,1-3H3. The predicted molar refractivity (Wildman–Crippen MR) is 69.9 cm³/mol. The van der Waals surface area contributed by atoms with Crippen LogP contribution in [0.3, 0.4) is 0 Å². The summed E-state index contributed by atoms with van der Waals surface area (Å²) in [4.78, 5) is 0. The van der Waals surface area contributed by atoms with Gasteiger partial charge in [-0.2, -0.15) is 5.10 Å². The first-order valence-corrected chi connectivity index (χ1v) is 7.63. The van der Waals surface area contributed by atoms with E-state index in [1.165, 1.54) is 6.20 Å². The monoisotopic (exact) mass is 279 g/mol. The summed E-state index contributed by atoms with van der Waals surface area (Å²) in [7, 11) is -3.35. The van der Waals surface area contributed by atoms with Gasteiger partial charge in [-0.25, -0.2) is 8.42 Å². The molecule has 1 heterocycles. The van der Waals surface area contributed by atoms with Crippen LogP contribution in [0.2, 0.25) is 0 Å². The molecule has 0 saturated carbocycles. The van der Waals surface area contributed by atoms with Gasteiger partial charge in [0.2, 0.25) is 10.0 Å². The molecule has 0 aliphatic carbocycles. The maximum absolute atomic E-state index is 11.7. The van der Waals surface area contributed by atoms with Crippen molar-refractivity contribution in [1.82, 2.24) is 9.78 Å². The Hall–Kier alpha value is -0.750. The van der Waals surface area contributed by atoms with Crippen molar-refractivity contribution in [3.63, 3.8) is 0 Å². The molecule has 5 nitrogen and oxygen atoms in total. The first-order chi connectivity index (χ1) is 7.84. The Morgan fingerprint density at radius 1 is 1.47 bits per heavy atom. The highest BCUT2D eigenvalue weighted by Gasteiger charge is 2.16. The van der Waals surface area contributed by atoms with Crippen LogP contribution in [0.4, 0.5) is 5.69 Å².